The smallest absolute Gasteiger partial charge is 1.00 e. The van der Waals surface area contributed by atoms with Gasteiger partial charge in [-0.05, 0) is 26.4 Å². The Hall–Kier alpha value is -0.833. The third kappa shape index (κ3) is 4.45. The second kappa shape index (κ2) is 10.5. The summed E-state index contributed by atoms with van der Waals surface area (Å²) in [6.07, 6.45) is 3.95. The van der Waals surface area contributed by atoms with Crippen molar-refractivity contribution in [3.05, 3.63) is 106 Å². The van der Waals surface area contributed by atoms with E-state index in [9.17, 15) is 0 Å². The average Bonchev–Trinajstić information content (AvgIpc) is 3.06. The first-order valence-electron chi connectivity index (χ1n) is 9.10. The van der Waals surface area contributed by atoms with Crippen molar-refractivity contribution < 1.29 is 51.0 Å². The number of rotatable bonds is 4. The predicted molar refractivity (Wildman–Crippen MR) is 118 cm³/mol. The summed E-state index contributed by atoms with van der Waals surface area (Å²) in [4.78, 5) is 0. The summed E-state index contributed by atoms with van der Waals surface area (Å²) in [5.41, 5.74) is 2.31. The molecule has 0 saturated carbocycles. The number of fused-ring (bicyclic) bond motifs is 1. The van der Waals surface area contributed by atoms with Crippen molar-refractivity contribution in [3.63, 3.8) is 0 Å². The molecule has 4 rings (SSSR count). The SMILES string of the molecule is C[Si](C)(C=[SiH2])C1=c2ccccc2=[C-]C1(c1ccccc1)c1ccccc1.[Cl-].[Cl-].[Zr+3]. The zero-order chi connectivity index (χ0) is 18.2. The Labute approximate surface area is 209 Å². The van der Waals surface area contributed by atoms with E-state index in [1.807, 2.05) is 9.85 Å². The van der Waals surface area contributed by atoms with Crippen LogP contribution in [0.15, 0.2) is 84.9 Å². The Balaban J connectivity index is 0.00000140. The van der Waals surface area contributed by atoms with E-state index in [-0.39, 0.29) is 56.4 Å². The molecule has 0 amide bonds. The van der Waals surface area contributed by atoms with Gasteiger partial charge >= 0.3 is 26.2 Å². The van der Waals surface area contributed by atoms with Gasteiger partial charge in [0.05, 0.1) is 8.07 Å². The van der Waals surface area contributed by atoms with Crippen LogP contribution in [0.2, 0.25) is 13.1 Å². The van der Waals surface area contributed by atoms with Gasteiger partial charge in [-0.3, -0.25) is 0 Å². The zero-order valence-electron chi connectivity index (χ0n) is 16.6. The van der Waals surface area contributed by atoms with E-state index in [0.717, 1.165) is 0 Å². The van der Waals surface area contributed by atoms with Crippen LogP contribution in [0.1, 0.15) is 11.1 Å². The Kier molecular flexibility index (Phi) is 9.45. The fourth-order valence-electron chi connectivity index (χ4n) is 4.19. The van der Waals surface area contributed by atoms with Gasteiger partial charge in [-0.1, -0.05) is 79.8 Å². The van der Waals surface area contributed by atoms with Gasteiger partial charge < -0.3 is 24.8 Å². The summed E-state index contributed by atoms with van der Waals surface area (Å²) in [5.74, 6) is 0. The molecule has 0 aromatic heterocycles. The molecular weight excluding hydrogens is 507 g/mol. The van der Waals surface area contributed by atoms with Crippen LogP contribution in [0, 0.1) is 0 Å². The quantitative estimate of drug-likeness (QED) is 0.246. The molecule has 145 valence electrons. The molecule has 5 heteroatoms. The van der Waals surface area contributed by atoms with Crippen LogP contribution in [0.4, 0.5) is 0 Å². The molecule has 3 aromatic carbocycles. The maximum Gasteiger partial charge on any atom is 3.00 e. The standard InChI is InChI=1S/C24H23Si2.2ClH.Zr/c1-26(2,18-25)23-22-16-10-9-11-19(22)17-24(23,20-12-5-3-6-13-20)21-14-7-4-8-15-21;;;/h3-16,18H,25H2,1-2H3;2*1H;/q-1;;;+3/p-2. The van der Waals surface area contributed by atoms with Gasteiger partial charge in [0, 0.05) is 0 Å². The van der Waals surface area contributed by atoms with Crippen molar-refractivity contribution in [3.8, 4) is 0 Å². The molecule has 0 bridgehead atoms. The van der Waals surface area contributed by atoms with Gasteiger partial charge in [0.25, 0.3) is 0 Å². The fraction of sp³-hybridized carbons (Fsp3) is 0.125. The first kappa shape index (κ1) is 26.2. The fourth-order valence-corrected chi connectivity index (χ4v) is 7.23. The molecule has 0 heterocycles. The molecule has 0 spiro atoms. The van der Waals surface area contributed by atoms with Gasteiger partial charge in [0.1, 0.15) is 0 Å². The Bertz CT molecular complexity index is 1040. The maximum absolute atomic E-state index is 3.95. The minimum atomic E-state index is -1.75. The third-order valence-electron chi connectivity index (χ3n) is 5.46. The van der Waals surface area contributed by atoms with Crippen molar-refractivity contribution in [2.75, 3.05) is 0 Å². The monoisotopic (exact) mass is 527 g/mol. The summed E-state index contributed by atoms with van der Waals surface area (Å²) >= 11 is 0. The van der Waals surface area contributed by atoms with Gasteiger partial charge in [0.15, 0.2) is 0 Å². The van der Waals surface area contributed by atoms with Gasteiger partial charge in [0.2, 0.25) is 0 Å². The molecular formula is C24H23Cl2Si2Zr. The Morgan fingerprint density at radius 3 is 1.69 bits per heavy atom. The minimum Gasteiger partial charge on any atom is -1.00 e. The van der Waals surface area contributed by atoms with Gasteiger partial charge in [-0.15, -0.1) is 27.8 Å². The van der Waals surface area contributed by atoms with Crippen LogP contribution in [0.25, 0.3) is 11.3 Å². The van der Waals surface area contributed by atoms with Crippen LogP contribution in [-0.2, 0) is 31.6 Å². The largest absolute Gasteiger partial charge is 3.00 e. The Morgan fingerprint density at radius 2 is 1.21 bits per heavy atom. The normalized spacial score (nSPS) is 13.7. The van der Waals surface area contributed by atoms with E-state index < -0.39 is 8.07 Å². The minimum absolute atomic E-state index is 0. The molecule has 0 N–H and O–H groups in total. The molecule has 0 fully saturated rings. The van der Waals surface area contributed by atoms with Crippen LogP contribution in [-0.4, -0.2) is 23.2 Å². The molecule has 1 aliphatic rings. The molecule has 29 heavy (non-hydrogen) atoms. The summed E-state index contributed by atoms with van der Waals surface area (Å²) in [6.45, 7) is 4.92. The summed E-state index contributed by atoms with van der Waals surface area (Å²) in [6, 6.07) is 30.6. The first-order valence-corrected chi connectivity index (χ1v) is 13.0. The van der Waals surface area contributed by atoms with Crippen LogP contribution < -0.4 is 35.3 Å². The molecule has 0 aliphatic heterocycles. The van der Waals surface area contributed by atoms with Crippen LogP contribution in [0.5, 0.6) is 0 Å². The van der Waals surface area contributed by atoms with Gasteiger partial charge in [-0.25, -0.2) is 0 Å². The molecule has 0 atom stereocenters. The predicted octanol–water partition coefficient (Wildman–Crippen LogP) is -3.28. The van der Waals surface area contributed by atoms with Gasteiger partial charge in [-0.2, -0.15) is 17.4 Å². The number of benzene rings is 3. The van der Waals surface area contributed by atoms with E-state index >= 15 is 0 Å². The second-order valence-electron chi connectivity index (χ2n) is 7.45. The van der Waals surface area contributed by atoms with Crippen LogP contribution >= 0.6 is 0 Å². The van der Waals surface area contributed by atoms with Crippen molar-refractivity contribution in [2.24, 2.45) is 0 Å². The average molecular weight is 530 g/mol. The summed E-state index contributed by atoms with van der Waals surface area (Å²) in [7, 11) is 0.247. The van der Waals surface area contributed by atoms with E-state index in [1.165, 1.54) is 21.6 Å². The van der Waals surface area contributed by atoms with Crippen molar-refractivity contribution in [1.29, 1.82) is 0 Å². The first-order chi connectivity index (χ1) is 12.6. The van der Waals surface area contributed by atoms with E-state index in [1.54, 1.807) is 5.20 Å². The zero-order valence-corrected chi connectivity index (χ0v) is 23.0. The molecule has 0 saturated heterocycles. The topological polar surface area (TPSA) is 0 Å². The summed E-state index contributed by atoms with van der Waals surface area (Å²) in [5, 5.41) is 6.64. The van der Waals surface area contributed by atoms with Crippen molar-refractivity contribution >= 4 is 34.5 Å². The number of hydrogen-bond donors (Lipinski definition) is 0. The summed E-state index contributed by atoms with van der Waals surface area (Å²) < 4.78 is 0. The molecule has 3 aromatic rings. The van der Waals surface area contributed by atoms with Crippen molar-refractivity contribution in [1.82, 2.24) is 0 Å². The molecule has 1 aliphatic carbocycles. The molecule has 1 radical (unpaired) electrons. The number of halogens is 2. The van der Waals surface area contributed by atoms with E-state index in [4.69, 9.17) is 0 Å². The van der Waals surface area contributed by atoms with Crippen LogP contribution in [0.3, 0.4) is 0 Å². The Morgan fingerprint density at radius 1 is 0.759 bits per heavy atom. The van der Waals surface area contributed by atoms with E-state index in [0.29, 0.717) is 0 Å². The third-order valence-corrected chi connectivity index (χ3v) is 11.5. The second-order valence-corrected chi connectivity index (χ2v) is 13.0. The molecule has 0 unspecified atom stereocenters. The molecule has 0 nitrogen and oxygen atoms in total. The van der Waals surface area contributed by atoms with E-state index in [2.05, 4.69) is 109 Å². The maximum atomic E-state index is 3.95. The van der Waals surface area contributed by atoms with Crippen molar-refractivity contribution in [2.45, 2.75) is 18.5 Å². The number of hydrogen-bond acceptors (Lipinski definition) is 0.